The number of aromatic amines is 1. The van der Waals surface area contributed by atoms with Gasteiger partial charge in [-0.05, 0) is 45.8 Å². The minimum Gasteiger partial charge on any atom is -0.481 e. The van der Waals surface area contributed by atoms with Gasteiger partial charge < -0.3 is 15.5 Å². The fraction of sp³-hybridized carbons (Fsp3) is 0.0588. The lowest BCUT2D eigenvalue weighted by Crippen LogP contribution is -2.32. The number of ether oxygens (including phenoxy) is 1. The normalized spacial score (nSPS) is 11.2. The molecular formula is C17H12BrClN4O4. The largest absolute Gasteiger partial charge is 0.481 e. The van der Waals surface area contributed by atoms with Crippen molar-refractivity contribution in [2.45, 2.75) is 0 Å². The van der Waals surface area contributed by atoms with Gasteiger partial charge >= 0.3 is 5.69 Å². The average Bonchev–Trinajstić information content (AvgIpc) is 2.60. The topological polar surface area (TPSA) is 120 Å². The molecule has 2 aromatic carbocycles. The Balaban J connectivity index is 1.97. The summed E-state index contributed by atoms with van der Waals surface area (Å²) in [6.45, 7) is -0.326. The first-order chi connectivity index (χ1) is 12.9. The number of rotatable bonds is 5. The van der Waals surface area contributed by atoms with Gasteiger partial charge in [0.05, 0.1) is 26.6 Å². The molecular weight excluding hydrogens is 440 g/mol. The minimum atomic E-state index is -0.665. The van der Waals surface area contributed by atoms with Crippen LogP contribution in [0.4, 0.5) is 0 Å². The number of carbonyl (C=O) groups excluding carboxylic acids is 1. The molecule has 0 atom stereocenters. The Hall–Kier alpha value is -2.91. The number of aromatic nitrogens is 2. The number of primary amides is 1. The van der Waals surface area contributed by atoms with Crippen molar-refractivity contribution in [2.24, 2.45) is 10.8 Å². The minimum absolute atomic E-state index is 0.201. The monoisotopic (exact) mass is 450 g/mol. The van der Waals surface area contributed by atoms with E-state index in [9.17, 15) is 14.4 Å². The number of para-hydroxylation sites is 1. The van der Waals surface area contributed by atoms with Crippen molar-refractivity contribution >= 4 is 50.6 Å². The molecule has 0 aliphatic heterocycles. The molecule has 0 bridgehead atoms. The number of halogens is 2. The molecule has 0 spiro atoms. The summed E-state index contributed by atoms with van der Waals surface area (Å²) in [5.74, 6) is -0.396. The Bertz CT molecular complexity index is 1160. The highest BCUT2D eigenvalue weighted by Gasteiger charge is 2.11. The molecule has 0 aliphatic rings. The fourth-order valence-corrected chi connectivity index (χ4v) is 3.31. The highest BCUT2D eigenvalue weighted by molar-refractivity contribution is 9.10. The quantitative estimate of drug-likeness (QED) is 0.575. The van der Waals surface area contributed by atoms with Gasteiger partial charge in [-0.1, -0.05) is 23.7 Å². The van der Waals surface area contributed by atoms with Crippen LogP contribution >= 0.6 is 27.5 Å². The third-order valence-electron chi connectivity index (χ3n) is 3.49. The molecule has 0 saturated carbocycles. The van der Waals surface area contributed by atoms with E-state index < -0.39 is 17.2 Å². The van der Waals surface area contributed by atoms with Crippen molar-refractivity contribution in [2.75, 3.05) is 6.61 Å². The predicted molar refractivity (Wildman–Crippen MR) is 106 cm³/mol. The van der Waals surface area contributed by atoms with Crippen molar-refractivity contribution in [1.82, 2.24) is 9.66 Å². The first-order valence-electron chi connectivity index (χ1n) is 7.55. The SMILES string of the molecule is NC(=O)COc1c(Cl)cc(C=Nn2c(=O)[nH]c3ccccc3c2=O)cc1Br. The van der Waals surface area contributed by atoms with E-state index in [4.69, 9.17) is 22.1 Å². The number of carbonyl (C=O) groups is 1. The van der Waals surface area contributed by atoms with Crippen molar-refractivity contribution in [3.63, 3.8) is 0 Å². The molecule has 3 aromatic rings. The Morgan fingerprint density at radius 2 is 2.07 bits per heavy atom. The Morgan fingerprint density at radius 3 is 2.78 bits per heavy atom. The molecule has 1 amide bonds. The van der Waals surface area contributed by atoms with Crippen LogP contribution in [0.5, 0.6) is 5.75 Å². The highest BCUT2D eigenvalue weighted by atomic mass is 79.9. The fourth-order valence-electron chi connectivity index (χ4n) is 2.32. The molecule has 8 nitrogen and oxygen atoms in total. The number of benzene rings is 2. The maximum Gasteiger partial charge on any atom is 0.349 e. The van der Waals surface area contributed by atoms with Crippen LogP contribution in [0.1, 0.15) is 5.56 Å². The Morgan fingerprint density at radius 1 is 1.33 bits per heavy atom. The molecule has 1 aromatic heterocycles. The molecule has 0 fully saturated rings. The Labute approximate surface area is 165 Å². The molecule has 0 aliphatic carbocycles. The highest BCUT2D eigenvalue weighted by Crippen LogP contribution is 2.34. The molecule has 0 saturated heterocycles. The van der Waals surface area contributed by atoms with Gasteiger partial charge in [0, 0.05) is 0 Å². The molecule has 10 heteroatoms. The number of H-pyrrole nitrogens is 1. The number of fused-ring (bicyclic) bond motifs is 1. The van der Waals surface area contributed by atoms with Gasteiger partial charge in [0.1, 0.15) is 0 Å². The second kappa shape index (κ2) is 7.77. The lowest BCUT2D eigenvalue weighted by molar-refractivity contribution is -0.119. The van der Waals surface area contributed by atoms with E-state index in [2.05, 4.69) is 26.0 Å². The molecule has 3 rings (SSSR count). The average molecular weight is 452 g/mol. The van der Waals surface area contributed by atoms with Crippen molar-refractivity contribution in [1.29, 1.82) is 0 Å². The van der Waals surface area contributed by atoms with Crippen LogP contribution in [0.2, 0.25) is 5.02 Å². The molecule has 3 N–H and O–H groups in total. The number of hydrogen-bond donors (Lipinski definition) is 2. The third kappa shape index (κ3) is 4.09. The number of nitrogens with two attached hydrogens (primary N) is 1. The maximum absolute atomic E-state index is 12.4. The van der Waals surface area contributed by atoms with Gasteiger partial charge in [-0.2, -0.15) is 5.10 Å². The lowest BCUT2D eigenvalue weighted by Gasteiger charge is -2.09. The van der Waals surface area contributed by atoms with Crippen LogP contribution in [-0.2, 0) is 4.79 Å². The Kier molecular flexibility index (Phi) is 5.43. The summed E-state index contributed by atoms with van der Waals surface area (Å²) in [6.07, 6.45) is 1.31. The van der Waals surface area contributed by atoms with E-state index >= 15 is 0 Å². The van der Waals surface area contributed by atoms with Crippen molar-refractivity contribution < 1.29 is 9.53 Å². The number of amides is 1. The zero-order valence-electron chi connectivity index (χ0n) is 13.6. The predicted octanol–water partition coefficient (Wildman–Crippen LogP) is 1.85. The summed E-state index contributed by atoms with van der Waals surface area (Å²) >= 11 is 9.41. The van der Waals surface area contributed by atoms with E-state index in [0.29, 0.717) is 20.9 Å². The number of nitrogens with zero attached hydrogens (tertiary/aromatic N) is 2. The lowest BCUT2D eigenvalue weighted by atomic mass is 10.2. The molecule has 138 valence electrons. The van der Waals surface area contributed by atoms with E-state index in [0.717, 1.165) is 4.68 Å². The van der Waals surface area contributed by atoms with Crippen LogP contribution in [-0.4, -0.2) is 28.4 Å². The molecule has 27 heavy (non-hydrogen) atoms. The van der Waals surface area contributed by atoms with Gasteiger partial charge in [-0.25, -0.2) is 4.79 Å². The summed E-state index contributed by atoms with van der Waals surface area (Å²) in [4.78, 5) is 38.0. The van der Waals surface area contributed by atoms with Crippen LogP contribution < -0.4 is 21.7 Å². The summed E-state index contributed by atoms with van der Waals surface area (Å²) in [7, 11) is 0. The van der Waals surface area contributed by atoms with E-state index in [1.807, 2.05) is 0 Å². The standard InChI is InChI=1S/C17H12BrClN4O4/c18-11-5-9(6-12(19)15(11)27-8-14(20)24)7-21-23-16(25)10-3-1-2-4-13(10)22-17(23)26/h1-7H,8H2,(H2,20,24)(H,22,26). The molecule has 1 heterocycles. The summed E-state index contributed by atoms with van der Waals surface area (Å²) in [5.41, 5.74) is 4.76. The van der Waals surface area contributed by atoms with Gasteiger partial charge in [0.25, 0.3) is 11.5 Å². The summed E-state index contributed by atoms with van der Waals surface area (Å²) in [5, 5.41) is 4.49. The molecule has 0 radical (unpaired) electrons. The van der Waals surface area contributed by atoms with Crippen LogP contribution in [0.15, 0.2) is 55.6 Å². The number of hydrogen-bond acceptors (Lipinski definition) is 5. The number of nitrogens with one attached hydrogen (secondary N) is 1. The first kappa shape index (κ1) is 18.9. The van der Waals surface area contributed by atoms with Crippen LogP contribution in [0.25, 0.3) is 10.9 Å². The maximum atomic E-state index is 12.4. The van der Waals surface area contributed by atoms with Crippen molar-refractivity contribution in [3.05, 3.63) is 72.3 Å². The summed E-state index contributed by atoms with van der Waals surface area (Å²) < 4.78 is 6.40. The van der Waals surface area contributed by atoms with Gasteiger partial charge in [-0.15, -0.1) is 4.68 Å². The van der Waals surface area contributed by atoms with Gasteiger partial charge in [0.2, 0.25) is 0 Å². The van der Waals surface area contributed by atoms with Gasteiger partial charge in [0.15, 0.2) is 12.4 Å². The van der Waals surface area contributed by atoms with Crippen molar-refractivity contribution in [3.8, 4) is 5.75 Å². The van der Waals surface area contributed by atoms with Gasteiger partial charge in [-0.3, -0.25) is 9.59 Å². The zero-order valence-corrected chi connectivity index (χ0v) is 16.0. The molecule has 0 unspecified atom stereocenters. The summed E-state index contributed by atoms with van der Waals surface area (Å²) in [6, 6.07) is 9.74. The van der Waals surface area contributed by atoms with E-state index in [1.165, 1.54) is 12.3 Å². The smallest absolute Gasteiger partial charge is 0.349 e. The van der Waals surface area contributed by atoms with Crippen LogP contribution in [0, 0.1) is 0 Å². The first-order valence-corrected chi connectivity index (χ1v) is 8.72. The second-order valence-corrected chi connectivity index (χ2v) is 6.67. The van der Waals surface area contributed by atoms with E-state index in [-0.39, 0.29) is 17.4 Å². The zero-order chi connectivity index (χ0) is 19.6. The third-order valence-corrected chi connectivity index (χ3v) is 4.36. The van der Waals surface area contributed by atoms with Crippen LogP contribution in [0.3, 0.4) is 0 Å². The van der Waals surface area contributed by atoms with E-state index in [1.54, 1.807) is 30.3 Å². The second-order valence-electron chi connectivity index (χ2n) is 5.41.